The summed E-state index contributed by atoms with van der Waals surface area (Å²) in [5.41, 5.74) is 2.66. The van der Waals surface area contributed by atoms with Crippen LogP contribution in [0.3, 0.4) is 0 Å². The van der Waals surface area contributed by atoms with E-state index < -0.39 is 0 Å². The number of hydrogen-bond donors (Lipinski definition) is 2. The van der Waals surface area contributed by atoms with E-state index in [4.69, 9.17) is 9.47 Å². The van der Waals surface area contributed by atoms with Crippen molar-refractivity contribution in [3.8, 4) is 11.5 Å². The van der Waals surface area contributed by atoms with Crippen LogP contribution in [0.2, 0.25) is 0 Å². The van der Waals surface area contributed by atoms with Crippen molar-refractivity contribution in [1.82, 2.24) is 10.3 Å². The number of aryl methyl sites for hydroxylation is 1. The molecular formula is C22H21N3O4S. The summed E-state index contributed by atoms with van der Waals surface area (Å²) in [7, 11) is 0. The number of hydrogen-bond acceptors (Lipinski definition) is 6. The number of carbonyl (C=O) groups is 2. The lowest BCUT2D eigenvalue weighted by molar-refractivity contribution is 0.0951. The number of fused-ring (bicyclic) bond motifs is 1. The SMILES string of the molecule is Cc1sc(NC(=O)c2ccc3c(c2)OCCO3)c(C(=O)NCc2cccnc2)c1C. The second-order valence-corrected chi connectivity index (χ2v) is 8.07. The van der Waals surface area contributed by atoms with Crippen LogP contribution < -0.4 is 20.1 Å². The average molecular weight is 423 g/mol. The standard InChI is InChI=1S/C22H21N3O4S/c1-13-14(2)30-22(19(13)21(27)24-12-15-4-3-7-23-11-15)25-20(26)16-5-6-17-18(10-16)29-9-8-28-17/h3-7,10-11H,8-9,12H2,1-2H3,(H,24,27)(H,25,26). The van der Waals surface area contributed by atoms with Crippen LogP contribution >= 0.6 is 11.3 Å². The Balaban J connectivity index is 1.52. The fourth-order valence-electron chi connectivity index (χ4n) is 3.12. The van der Waals surface area contributed by atoms with Gasteiger partial charge in [0.15, 0.2) is 11.5 Å². The van der Waals surface area contributed by atoms with Gasteiger partial charge in [-0.2, -0.15) is 0 Å². The molecule has 1 aliphatic rings. The summed E-state index contributed by atoms with van der Waals surface area (Å²) in [5.74, 6) is 0.616. The Morgan fingerprint density at radius 1 is 1.10 bits per heavy atom. The molecule has 2 N–H and O–H groups in total. The topological polar surface area (TPSA) is 89.5 Å². The van der Waals surface area contributed by atoms with Crippen molar-refractivity contribution in [3.05, 3.63) is 69.9 Å². The fourth-order valence-corrected chi connectivity index (χ4v) is 4.17. The number of carbonyl (C=O) groups excluding carboxylic acids is 2. The van der Waals surface area contributed by atoms with Crippen LogP contribution in [0.5, 0.6) is 11.5 Å². The van der Waals surface area contributed by atoms with Crippen LogP contribution in [0.15, 0.2) is 42.7 Å². The van der Waals surface area contributed by atoms with Crippen LogP contribution in [0, 0.1) is 13.8 Å². The zero-order valence-electron chi connectivity index (χ0n) is 16.7. The molecule has 154 valence electrons. The molecule has 0 fully saturated rings. The molecule has 3 aromatic rings. The van der Waals surface area contributed by atoms with Gasteiger partial charge in [-0.15, -0.1) is 11.3 Å². The molecule has 0 saturated carbocycles. The van der Waals surface area contributed by atoms with Gasteiger partial charge < -0.3 is 20.1 Å². The Morgan fingerprint density at radius 2 is 1.90 bits per heavy atom. The molecule has 4 rings (SSSR count). The maximum atomic E-state index is 12.9. The predicted octanol–water partition coefficient (Wildman–Crippen LogP) is 3.71. The molecule has 3 heterocycles. The van der Waals surface area contributed by atoms with Crippen LogP contribution in [0.25, 0.3) is 0 Å². The van der Waals surface area contributed by atoms with E-state index in [0.29, 0.717) is 47.4 Å². The highest BCUT2D eigenvalue weighted by Crippen LogP contribution is 2.34. The van der Waals surface area contributed by atoms with Crippen LogP contribution in [0.1, 0.15) is 36.7 Å². The maximum Gasteiger partial charge on any atom is 0.256 e. The number of benzene rings is 1. The minimum Gasteiger partial charge on any atom is -0.486 e. The average Bonchev–Trinajstić information content (AvgIpc) is 3.05. The van der Waals surface area contributed by atoms with Crippen LogP contribution in [0.4, 0.5) is 5.00 Å². The first-order chi connectivity index (χ1) is 14.5. The van der Waals surface area contributed by atoms with Crippen molar-refractivity contribution < 1.29 is 19.1 Å². The van der Waals surface area contributed by atoms with Crippen molar-refractivity contribution in [2.45, 2.75) is 20.4 Å². The summed E-state index contributed by atoms with van der Waals surface area (Å²) >= 11 is 1.38. The molecule has 7 nitrogen and oxygen atoms in total. The third-order valence-electron chi connectivity index (χ3n) is 4.82. The number of nitrogens with one attached hydrogen (secondary N) is 2. The molecule has 0 aliphatic carbocycles. The molecule has 1 aromatic carbocycles. The Hall–Kier alpha value is -3.39. The van der Waals surface area contributed by atoms with E-state index in [0.717, 1.165) is 16.0 Å². The molecule has 0 saturated heterocycles. The Bertz CT molecular complexity index is 1100. The lowest BCUT2D eigenvalue weighted by Gasteiger charge is -2.18. The molecule has 30 heavy (non-hydrogen) atoms. The smallest absolute Gasteiger partial charge is 0.256 e. The first-order valence-electron chi connectivity index (χ1n) is 9.51. The number of pyridine rings is 1. The lowest BCUT2D eigenvalue weighted by atomic mass is 10.1. The van der Waals surface area contributed by atoms with Crippen molar-refractivity contribution in [2.24, 2.45) is 0 Å². The number of aromatic nitrogens is 1. The van der Waals surface area contributed by atoms with E-state index in [-0.39, 0.29) is 11.8 Å². The largest absolute Gasteiger partial charge is 0.486 e. The number of nitrogens with zero attached hydrogens (tertiary/aromatic N) is 1. The monoisotopic (exact) mass is 423 g/mol. The quantitative estimate of drug-likeness (QED) is 0.653. The summed E-state index contributed by atoms with van der Waals surface area (Å²) in [6.07, 6.45) is 3.39. The van der Waals surface area contributed by atoms with Gasteiger partial charge >= 0.3 is 0 Å². The summed E-state index contributed by atoms with van der Waals surface area (Å²) in [6.45, 7) is 5.10. The molecule has 0 radical (unpaired) electrons. The summed E-state index contributed by atoms with van der Waals surface area (Å²) in [4.78, 5) is 30.7. The fraction of sp³-hybridized carbons (Fsp3) is 0.227. The molecule has 0 atom stereocenters. The van der Waals surface area contributed by atoms with Crippen LogP contribution in [-0.4, -0.2) is 30.0 Å². The first kappa shape index (κ1) is 19.9. The molecular weight excluding hydrogens is 402 g/mol. The van der Waals surface area contributed by atoms with E-state index in [2.05, 4.69) is 15.6 Å². The maximum absolute atomic E-state index is 12.9. The highest BCUT2D eigenvalue weighted by molar-refractivity contribution is 7.16. The van der Waals surface area contributed by atoms with E-state index in [1.165, 1.54) is 11.3 Å². The molecule has 2 aromatic heterocycles. The second kappa shape index (κ2) is 8.54. The normalized spacial score (nSPS) is 12.3. The van der Waals surface area contributed by atoms with Crippen molar-refractivity contribution in [1.29, 1.82) is 0 Å². The lowest BCUT2D eigenvalue weighted by Crippen LogP contribution is -2.25. The summed E-state index contributed by atoms with van der Waals surface area (Å²) < 4.78 is 11.0. The summed E-state index contributed by atoms with van der Waals surface area (Å²) in [5, 5.41) is 6.31. The number of thiophene rings is 1. The minimum atomic E-state index is -0.311. The van der Waals surface area contributed by atoms with Crippen molar-refractivity contribution in [3.63, 3.8) is 0 Å². The van der Waals surface area contributed by atoms with E-state index >= 15 is 0 Å². The highest BCUT2D eigenvalue weighted by atomic mass is 32.1. The number of ether oxygens (including phenoxy) is 2. The number of rotatable bonds is 5. The highest BCUT2D eigenvalue weighted by Gasteiger charge is 2.22. The zero-order valence-corrected chi connectivity index (χ0v) is 17.5. The van der Waals surface area contributed by atoms with Crippen LogP contribution in [-0.2, 0) is 6.54 Å². The molecule has 0 bridgehead atoms. The molecule has 1 aliphatic heterocycles. The van der Waals surface area contributed by atoms with Gasteiger partial charge in [0.2, 0.25) is 0 Å². The van der Waals surface area contributed by atoms with Crippen molar-refractivity contribution in [2.75, 3.05) is 18.5 Å². The van der Waals surface area contributed by atoms with Gasteiger partial charge in [0.05, 0.1) is 5.56 Å². The Morgan fingerprint density at radius 3 is 2.67 bits per heavy atom. The van der Waals surface area contributed by atoms with Crippen molar-refractivity contribution >= 4 is 28.2 Å². The third kappa shape index (κ3) is 4.13. The van der Waals surface area contributed by atoms with Gasteiger partial charge in [-0.3, -0.25) is 14.6 Å². The molecule has 2 amide bonds. The molecule has 0 spiro atoms. The molecule has 0 unspecified atom stereocenters. The van der Waals surface area contributed by atoms with Gasteiger partial charge in [0.25, 0.3) is 11.8 Å². The Kier molecular flexibility index (Phi) is 5.67. The number of amides is 2. The number of anilines is 1. The Labute approximate surface area is 178 Å². The van der Waals surface area contributed by atoms with E-state index in [1.807, 2.05) is 26.0 Å². The molecule has 8 heteroatoms. The summed E-state index contributed by atoms with van der Waals surface area (Å²) in [6, 6.07) is 8.76. The second-order valence-electron chi connectivity index (χ2n) is 6.84. The van der Waals surface area contributed by atoms with Gasteiger partial charge in [-0.05, 0) is 49.2 Å². The first-order valence-corrected chi connectivity index (χ1v) is 10.3. The van der Waals surface area contributed by atoms with Gasteiger partial charge in [0.1, 0.15) is 18.2 Å². The predicted molar refractivity (Wildman–Crippen MR) is 115 cm³/mol. The van der Waals surface area contributed by atoms with Gasteiger partial charge in [-0.25, -0.2) is 0 Å². The zero-order chi connectivity index (χ0) is 21.1. The minimum absolute atomic E-state index is 0.238. The van der Waals surface area contributed by atoms with Gasteiger partial charge in [-0.1, -0.05) is 6.07 Å². The van der Waals surface area contributed by atoms with E-state index in [1.54, 1.807) is 30.6 Å². The van der Waals surface area contributed by atoms with E-state index in [9.17, 15) is 9.59 Å². The third-order valence-corrected chi connectivity index (χ3v) is 5.94. The van der Waals surface area contributed by atoms with Gasteiger partial charge in [0, 0.05) is 29.4 Å².